The summed E-state index contributed by atoms with van der Waals surface area (Å²) >= 11 is 0. The highest BCUT2D eigenvalue weighted by Gasteiger charge is 2.04. The van der Waals surface area contributed by atoms with Crippen LogP contribution in [0.4, 0.5) is 21.8 Å². The molecule has 3 rings (SSSR count). The van der Waals surface area contributed by atoms with Crippen LogP contribution in [0.2, 0.25) is 0 Å². The van der Waals surface area contributed by atoms with Gasteiger partial charge in [0, 0.05) is 18.4 Å². The molecular formula is C20H21FN4. The van der Waals surface area contributed by atoms with Gasteiger partial charge in [-0.2, -0.15) is 4.98 Å². The molecule has 2 aromatic carbocycles. The number of benzene rings is 2. The number of hydrogen-bond acceptors (Lipinski definition) is 4. The zero-order chi connectivity index (χ0) is 17.5. The van der Waals surface area contributed by atoms with Crippen molar-refractivity contribution in [2.75, 3.05) is 17.2 Å². The number of aromatic nitrogens is 2. The zero-order valence-electron chi connectivity index (χ0n) is 14.2. The molecule has 0 saturated heterocycles. The second kappa shape index (κ2) is 8.24. The van der Waals surface area contributed by atoms with E-state index in [1.54, 1.807) is 24.4 Å². The Kier molecular flexibility index (Phi) is 5.57. The SMILES string of the molecule is CCc1ccccc1Nc1nccc(NCCc2ccccc2F)n1. The monoisotopic (exact) mass is 336 g/mol. The van der Waals surface area contributed by atoms with Gasteiger partial charge in [0.25, 0.3) is 0 Å². The van der Waals surface area contributed by atoms with Gasteiger partial charge in [-0.15, -0.1) is 0 Å². The Morgan fingerprint density at radius 1 is 0.960 bits per heavy atom. The summed E-state index contributed by atoms with van der Waals surface area (Å²) < 4.78 is 13.6. The lowest BCUT2D eigenvalue weighted by molar-refractivity contribution is 0.610. The van der Waals surface area contributed by atoms with Crippen LogP contribution >= 0.6 is 0 Å². The summed E-state index contributed by atoms with van der Waals surface area (Å²) in [7, 11) is 0. The van der Waals surface area contributed by atoms with Crippen molar-refractivity contribution in [3.63, 3.8) is 0 Å². The molecule has 128 valence electrons. The molecule has 0 unspecified atom stereocenters. The van der Waals surface area contributed by atoms with Crippen LogP contribution in [0.25, 0.3) is 0 Å². The number of nitrogens with zero attached hydrogens (tertiary/aromatic N) is 2. The van der Waals surface area contributed by atoms with E-state index in [1.165, 1.54) is 11.6 Å². The topological polar surface area (TPSA) is 49.8 Å². The minimum atomic E-state index is -0.175. The van der Waals surface area contributed by atoms with E-state index in [0.29, 0.717) is 30.3 Å². The first-order chi connectivity index (χ1) is 12.3. The first-order valence-corrected chi connectivity index (χ1v) is 8.41. The summed E-state index contributed by atoms with van der Waals surface area (Å²) in [4.78, 5) is 8.74. The molecule has 0 aliphatic heterocycles. The fourth-order valence-corrected chi connectivity index (χ4v) is 2.61. The first-order valence-electron chi connectivity index (χ1n) is 8.41. The van der Waals surface area contributed by atoms with Crippen LogP contribution in [0, 0.1) is 5.82 Å². The maximum Gasteiger partial charge on any atom is 0.229 e. The number of para-hydroxylation sites is 1. The van der Waals surface area contributed by atoms with Crippen molar-refractivity contribution in [1.29, 1.82) is 0 Å². The molecule has 3 aromatic rings. The van der Waals surface area contributed by atoms with Crippen LogP contribution in [-0.2, 0) is 12.8 Å². The van der Waals surface area contributed by atoms with Crippen molar-refractivity contribution < 1.29 is 4.39 Å². The normalized spacial score (nSPS) is 10.5. The van der Waals surface area contributed by atoms with Crippen LogP contribution in [0.15, 0.2) is 60.8 Å². The maximum absolute atomic E-state index is 13.6. The molecule has 1 aromatic heterocycles. The molecule has 2 N–H and O–H groups in total. The molecule has 0 aliphatic carbocycles. The van der Waals surface area contributed by atoms with Gasteiger partial charge in [0.15, 0.2) is 0 Å². The molecule has 0 radical (unpaired) electrons. The predicted octanol–water partition coefficient (Wildman–Crippen LogP) is 4.58. The van der Waals surface area contributed by atoms with Crippen LogP contribution in [0.3, 0.4) is 0 Å². The standard InChI is InChI=1S/C20H21FN4/c1-2-15-7-4-6-10-18(15)24-20-23-14-12-19(25-20)22-13-11-16-8-3-5-9-17(16)21/h3-10,12,14H,2,11,13H2,1H3,(H2,22,23,24,25). The van der Waals surface area contributed by atoms with Gasteiger partial charge in [0.05, 0.1) is 0 Å². The van der Waals surface area contributed by atoms with Gasteiger partial charge in [-0.3, -0.25) is 0 Å². The minimum absolute atomic E-state index is 0.175. The zero-order valence-corrected chi connectivity index (χ0v) is 14.2. The van der Waals surface area contributed by atoms with Crippen molar-refractivity contribution in [1.82, 2.24) is 9.97 Å². The van der Waals surface area contributed by atoms with Crippen molar-refractivity contribution in [3.05, 3.63) is 77.7 Å². The van der Waals surface area contributed by atoms with Gasteiger partial charge >= 0.3 is 0 Å². The lowest BCUT2D eigenvalue weighted by atomic mass is 10.1. The highest BCUT2D eigenvalue weighted by molar-refractivity contribution is 5.59. The second-order valence-electron chi connectivity index (χ2n) is 5.67. The molecule has 0 saturated carbocycles. The molecule has 4 nitrogen and oxygen atoms in total. The van der Waals surface area contributed by atoms with Crippen LogP contribution in [0.1, 0.15) is 18.1 Å². The lowest BCUT2D eigenvalue weighted by Gasteiger charge is -2.11. The number of anilines is 3. The quantitative estimate of drug-likeness (QED) is 0.663. The third-order valence-corrected chi connectivity index (χ3v) is 3.96. The third-order valence-electron chi connectivity index (χ3n) is 3.96. The van der Waals surface area contributed by atoms with Gasteiger partial charge < -0.3 is 10.6 Å². The molecule has 25 heavy (non-hydrogen) atoms. The number of hydrogen-bond donors (Lipinski definition) is 2. The summed E-state index contributed by atoms with van der Waals surface area (Å²) in [6.07, 6.45) is 3.23. The number of rotatable bonds is 7. The summed E-state index contributed by atoms with van der Waals surface area (Å²) in [5.41, 5.74) is 2.91. The molecule has 5 heteroatoms. The molecule has 1 heterocycles. The van der Waals surface area contributed by atoms with Gasteiger partial charge in [0.1, 0.15) is 11.6 Å². The molecule has 0 aliphatic rings. The highest BCUT2D eigenvalue weighted by Crippen LogP contribution is 2.19. The van der Waals surface area contributed by atoms with Crippen LogP contribution in [-0.4, -0.2) is 16.5 Å². The van der Waals surface area contributed by atoms with E-state index >= 15 is 0 Å². The number of nitrogens with one attached hydrogen (secondary N) is 2. The van der Waals surface area contributed by atoms with Crippen molar-refractivity contribution in [2.24, 2.45) is 0 Å². The fourth-order valence-electron chi connectivity index (χ4n) is 2.61. The smallest absolute Gasteiger partial charge is 0.229 e. The maximum atomic E-state index is 13.6. The van der Waals surface area contributed by atoms with E-state index in [2.05, 4.69) is 33.6 Å². The molecule has 0 fully saturated rings. The number of halogens is 1. The lowest BCUT2D eigenvalue weighted by Crippen LogP contribution is -2.08. The first kappa shape index (κ1) is 16.9. The Balaban J connectivity index is 1.62. The average Bonchev–Trinajstić information content (AvgIpc) is 2.64. The second-order valence-corrected chi connectivity index (χ2v) is 5.67. The van der Waals surface area contributed by atoms with Gasteiger partial charge in [-0.1, -0.05) is 43.3 Å². The summed E-state index contributed by atoms with van der Waals surface area (Å²) in [5, 5.41) is 6.48. The van der Waals surface area contributed by atoms with E-state index in [-0.39, 0.29) is 5.82 Å². The van der Waals surface area contributed by atoms with E-state index in [0.717, 1.165) is 12.1 Å². The molecule has 0 bridgehead atoms. The van der Waals surface area contributed by atoms with Gasteiger partial charge in [-0.05, 0) is 42.2 Å². The van der Waals surface area contributed by atoms with Crippen LogP contribution < -0.4 is 10.6 Å². The van der Waals surface area contributed by atoms with Gasteiger partial charge in [-0.25, -0.2) is 9.37 Å². The summed E-state index contributed by atoms with van der Waals surface area (Å²) in [6.45, 7) is 2.71. The molecule has 0 spiro atoms. The van der Waals surface area contributed by atoms with E-state index in [4.69, 9.17) is 0 Å². The largest absolute Gasteiger partial charge is 0.370 e. The Morgan fingerprint density at radius 3 is 2.52 bits per heavy atom. The van der Waals surface area contributed by atoms with Crippen LogP contribution in [0.5, 0.6) is 0 Å². The van der Waals surface area contributed by atoms with Crippen molar-refractivity contribution in [2.45, 2.75) is 19.8 Å². The fraction of sp³-hybridized carbons (Fsp3) is 0.200. The van der Waals surface area contributed by atoms with E-state index in [1.807, 2.05) is 24.3 Å². The van der Waals surface area contributed by atoms with E-state index < -0.39 is 0 Å². The average molecular weight is 336 g/mol. The molecule has 0 atom stereocenters. The Hall–Kier alpha value is -2.95. The number of aryl methyl sites for hydroxylation is 1. The third kappa shape index (κ3) is 4.53. The van der Waals surface area contributed by atoms with Gasteiger partial charge in [0.2, 0.25) is 5.95 Å². The van der Waals surface area contributed by atoms with E-state index in [9.17, 15) is 4.39 Å². The van der Waals surface area contributed by atoms with Crippen molar-refractivity contribution >= 4 is 17.5 Å². The summed E-state index contributed by atoms with van der Waals surface area (Å²) in [5.74, 6) is 1.07. The molecule has 0 amide bonds. The van der Waals surface area contributed by atoms with Crippen molar-refractivity contribution in [3.8, 4) is 0 Å². The highest BCUT2D eigenvalue weighted by atomic mass is 19.1. The Bertz CT molecular complexity index is 835. The minimum Gasteiger partial charge on any atom is -0.370 e. The Morgan fingerprint density at radius 2 is 1.72 bits per heavy atom. The predicted molar refractivity (Wildman–Crippen MR) is 99.7 cm³/mol. The molecular weight excluding hydrogens is 315 g/mol. The summed E-state index contributed by atoms with van der Waals surface area (Å²) in [6, 6.07) is 16.7. The Labute approximate surface area is 147 Å².